The van der Waals surface area contributed by atoms with Crippen LogP contribution < -0.4 is 5.32 Å². The molecule has 0 saturated carbocycles. The molecule has 0 aliphatic rings. The lowest BCUT2D eigenvalue weighted by Gasteiger charge is -2.21. The van der Waals surface area contributed by atoms with Crippen LogP contribution in [0.5, 0.6) is 0 Å². The van der Waals surface area contributed by atoms with Gasteiger partial charge in [-0.05, 0) is 43.5 Å². The smallest absolute Gasteiger partial charge is 0.243 e. The van der Waals surface area contributed by atoms with Crippen LogP contribution in [-0.4, -0.2) is 31.7 Å². The highest BCUT2D eigenvalue weighted by molar-refractivity contribution is 7.89. The molecule has 0 atom stereocenters. The van der Waals surface area contributed by atoms with Crippen LogP contribution in [0.1, 0.15) is 111 Å². The lowest BCUT2D eigenvalue weighted by molar-refractivity contribution is -0.116. The number of amides is 1. The van der Waals surface area contributed by atoms with Crippen molar-refractivity contribution in [3.8, 4) is 0 Å². The number of hydrogen-bond acceptors (Lipinski definition) is 3. The summed E-state index contributed by atoms with van der Waals surface area (Å²) in [6, 6.07) is 6.54. The molecule has 1 aromatic carbocycles. The average molecular weight is 467 g/mol. The van der Waals surface area contributed by atoms with E-state index in [4.69, 9.17) is 0 Å². The third kappa shape index (κ3) is 11.5. The molecule has 184 valence electrons. The molecule has 0 fully saturated rings. The monoisotopic (exact) mass is 466 g/mol. The Morgan fingerprint density at radius 3 is 1.66 bits per heavy atom. The number of unbranched alkanes of at least 4 members (excludes halogenated alkanes) is 10. The minimum absolute atomic E-state index is 0.00452. The Bertz CT molecular complexity index is 711. The molecular formula is C26H46N2O3S. The molecule has 6 heteroatoms. The molecular weight excluding hydrogens is 420 g/mol. The van der Waals surface area contributed by atoms with Crippen molar-refractivity contribution in [2.75, 3.05) is 18.4 Å². The van der Waals surface area contributed by atoms with E-state index in [0.29, 0.717) is 25.2 Å². The number of sulfonamides is 1. The van der Waals surface area contributed by atoms with E-state index >= 15 is 0 Å². The number of nitrogens with one attached hydrogen (secondary N) is 1. The predicted octanol–water partition coefficient (Wildman–Crippen LogP) is 7.14. The van der Waals surface area contributed by atoms with Crippen LogP contribution in [0.3, 0.4) is 0 Å². The molecule has 0 unspecified atom stereocenters. The van der Waals surface area contributed by atoms with Gasteiger partial charge in [-0.1, -0.05) is 85.0 Å². The van der Waals surface area contributed by atoms with Gasteiger partial charge in [0.15, 0.2) is 0 Å². The molecule has 1 rings (SSSR count). The maximum atomic E-state index is 12.8. The molecule has 0 aromatic heterocycles. The second kappa shape index (κ2) is 17.1. The van der Waals surface area contributed by atoms with Crippen molar-refractivity contribution in [1.82, 2.24) is 4.31 Å². The highest BCUT2D eigenvalue weighted by atomic mass is 32.2. The summed E-state index contributed by atoms with van der Waals surface area (Å²) in [5.41, 5.74) is 0.648. The Balaban J connectivity index is 2.29. The maximum absolute atomic E-state index is 12.8. The fraction of sp³-hybridized carbons (Fsp3) is 0.731. The second-order valence-electron chi connectivity index (χ2n) is 8.76. The van der Waals surface area contributed by atoms with Crippen LogP contribution in [0.2, 0.25) is 0 Å². The largest absolute Gasteiger partial charge is 0.326 e. The van der Waals surface area contributed by atoms with Crippen LogP contribution in [0, 0.1) is 0 Å². The fourth-order valence-electron chi connectivity index (χ4n) is 3.88. The predicted molar refractivity (Wildman–Crippen MR) is 135 cm³/mol. The molecule has 0 saturated heterocycles. The first kappa shape index (κ1) is 28.6. The summed E-state index contributed by atoms with van der Waals surface area (Å²) in [6.07, 6.45) is 15.9. The molecule has 32 heavy (non-hydrogen) atoms. The summed E-state index contributed by atoms with van der Waals surface area (Å²) in [6.45, 7) is 7.25. The van der Waals surface area contributed by atoms with Crippen molar-refractivity contribution in [3.05, 3.63) is 24.3 Å². The summed E-state index contributed by atoms with van der Waals surface area (Å²) in [7, 11) is -3.48. The Kier molecular flexibility index (Phi) is 15.3. The van der Waals surface area contributed by atoms with E-state index < -0.39 is 10.0 Å². The van der Waals surface area contributed by atoms with E-state index in [1.165, 1.54) is 62.1 Å². The van der Waals surface area contributed by atoms with Gasteiger partial charge in [-0.25, -0.2) is 8.42 Å². The summed E-state index contributed by atoms with van der Waals surface area (Å²) in [4.78, 5) is 12.5. The maximum Gasteiger partial charge on any atom is 0.243 e. The Hall–Kier alpha value is -1.40. The SMILES string of the molecule is CCCCCCCCCCCCCC(=O)Nc1ccc(S(=O)(=O)N(CCC)CCC)cc1. The lowest BCUT2D eigenvalue weighted by Crippen LogP contribution is -2.32. The number of anilines is 1. The third-order valence-electron chi connectivity index (χ3n) is 5.73. The number of rotatable bonds is 19. The summed E-state index contributed by atoms with van der Waals surface area (Å²) < 4.78 is 27.2. The first-order valence-corrected chi connectivity index (χ1v) is 14.3. The van der Waals surface area contributed by atoms with Gasteiger partial charge in [-0.15, -0.1) is 0 Å². The first-order chi connectivity index (χ1) is 15.5. The van der Waals surface area contributed by atoms with Crippen LogP contribution in [-0.2, 0) is 14.8 Å². The standard InChI is InChI=1S/C26H46N2O3S/c1-4-7-8-9-10-11-12-13-14-15-16-17-26(29)27-24-18-20-25(21-19-24)32(30,31)28(22-5-2)23-6-3/h18-21H,4-17,22-23H2,1-3H3,(H,27,29). The Morgan fingerprint density at radius 2 is 1.19 bits per heavy atom. The fourth-order valence-corrected chi connectivity index (χ4v) is 5.51. The normalized spacial score (nSPS) is 11.8. The van der Waals surface area contributed by atoms with Crippen molar-refractivity contribution in [2.45, 2.75) is 116 Å². The molecule has 1 amide bonds. The zero-order valence-corrected chi connectivity index (χ0v) is 21.5. The van der Waals surface area contributed by atoms with Gasteiger partial charge < -0.3 is 5.32 Å². The van der Waals surface area contributed by atoms with Gasteiger partial charge in [0.2, 0.25) is 15.9 Å². The minimum Gasteiger partial charge on any atom is -0.326 e. The third-order valence-corrected chi connectivity index (χ3v) is 7.64. The quantitative estimate of drug-likeness (QED) is 0.220. The zero-order chi connectivity index (χ0) is 23.7. The van der Waals surface area contributed by atoms with Crippen LogP contribution in [0.15, 0.2) is 29.2 Å². The number of carbonyl (C=O) groups is 1. The van der Waals surface area contributed by atoms with Crippen molar-refractivity contribution >= 4 is 21.6 Å². The van der Waals surface area contributed by atoms with E-state index in [9.17, 15) is 13.2 Å². The topological polar surface area (TPSA) is 66.5 Å². The molecule has 0 radical (unpaired) electrons. The number of carbonyl (C=O) groups excluding carboxylic acids is 1. The van der Waals surface area contributed by atoms with E-state index in [-0.39, 0.29) is 10.8 Å². The number of hydrogen-bond donors (Lipinski definition) is 1. The Morgan fingerprint density at radius 1 is 0.719 bits per heavy atom. The van der Waals surface area contributed by atoms with Gasteiger partial charge in [0, 0.05) is 25.2 Å². The zero-order valence-electron chi connectivity index (χ0n) is 20.7. The molecule has 1 aromatic rings. The second-order valence-corrected chi connectivity index (χ2v) is 10.7. The van der Waals surface area contributed by atoms with Crippen molar-refractivity contribution < 1.29 is 13.2 Å². The van der Waals surface area contributed by atoms with E-state index in [1.54, 1.807) is 24.3 Å². The molecule has 0 spiro atoms. The molecule has 0 heterocycles. The molecule has 0 bridgehead atoms. The highest BCUT2D eigenvalue weighted by Gasteiger charge is 2.22. The van der Waals surface area contributed by atoms with Crippen molar-refractivity contribution in [1.29, 1.82) is 0 Å². The Labute approximate surface area is 197 Å². The van der Waals surface area contributed by atoms with Gasteiger partial charge in [-0.3, -0.25) is 4.79 Å². The number of nitrogens with zero attached hydrogens (tertiary/aromatic N) is 1. The van der Waals surface area contributed by atoms with Crippen molar-refractivity contribution in [2.24, 2.45) is 0 Å². The van der Waals surface area contributed by atoms with Gasteiger partial charge in [0.25, 0.3) is 0 Å². The van der Waals surface area contributed by atoms with E-state index in [1.807, 2.05) is 13.8 Å². The first-order valence-electron chi connectivity index (χ1n) is 12.9. The van der Waals surface area contributed by atoms with Gasteiger partial charge in [0.1, 0.15) is 0 Å². The van der Waals surface area contributed by atoms with Crippen LogP contribution in [0.25, 0.3) is 0 Å². The number of benzene rings is 1. The van der Waals surface area contributed by atoms with Gasteiger partial charge in [0.05, 0.1) is 4.90 Å². The summed E-state index contributed by atoms with van der Waals surface area (Å²) in [5, 5.41) is 2.89. The summed E-state index contributed by atoms with van der Waals surface area (Å²) >= 11 is 0. The van der Waals surface area contributed by atoms with Crippen LogP contribution >= 0.6 is 0 Å². The van der Waals surface area contributed by atoms with Gasteiger partial charge in [-0.2, -0.15) is 4.31 Å². The summed E-state index contributed by atoms with van der Waals surface area (Å²) in [5.74, 6) is -0.00452. The molecule has 0 aliphatic heterocycles. The molecule has 5 nitrogen and oxygen atoms in total. The van der Waals surface area contributed by atoms with Crippen molar-refractivity contribution in [3.63, 3.8) is 0 Å². The van der Waals surface area contributed by atoms with Crippen LogP contribution in [0.4, 0.5) is 5.69 Å². The van der Waals surface area contributed by atoms with E-state index in [2.05, 4.69) is 12.2 Å². The average Bonchev–Trinajstić information content (AvgIpc) is 2.77. The lowest BCUT2D eigenvalue weighted by atomic mass is 10.1. The minimum atomic E-state index is -3.48. The van der Waals surface area contributed by atoms with Gasteiger partial charge >= 0.3 is 0 Å². The molecule has 0 aliphatic carbocycles. The molecule has 1 N–H and O–H groups in total. The van der Waals surface area contributed by atoms with E-state index in [0.717, 1.165) is 25.7 Å². The highest BCUT2D eigenvalue weighted by Crippen LogP contribution is 2.19.